The lowest BCUT2D eigenvalue weighted by Gasteiger charge is -2.16. The Hall–Kier alpha value is -2.00. The highest BCUT2D eigenvalue weighted by atomic mass is 32.2. The van der Waals surface area contributed by atoms with Gasteiger partial charge >= 0.3 is 0 Å². The second-order valence-electron chi connectivity index (χ2n) is 4.92. The molecule has 0 saturated carbocycles. The van der Waals surface area contributed by atoms with E-state index in [0.717, 1.165) is 29.5 Å². The van der Waals surface area contributed by atoms with Crippen molar-refractivity contribution >= 4 is 10.0 Å². The average molecular weight is 309 g/mol. The number of aromatic amines is 1. The van der Waals surface area contributed by atoms with E-state index in [4.69, 9.17) is 0 Å². The molecule has 0 aliphatic carbocycles. The molecule has 112 valence electrons. The van der Waals surface area contributed by atoms with Gasteiger partial charge in [0.1, 0.15) is 16.5 Å². The van der Waals surface area contributed by atoms with Crippen LogP contribution in [0.25, 0.3) is 0 Å². The maximum absolute atomic E-state index is 12.4. The van der Waals surface area contributed by atoms with Crippen molar-refractivity contribution in [3.63, 3.8) is 0 Å². The fraction of sp³-hybridized carbons (Fsp3) is 0.417. The Kier molecular flexibility index (Phi) is 3.38. The first-order chi connectivity index (χ1) is 10.00. The maximum atomic E-state index is 12.4. The molecule has 9 heteroatoms. The van der Waals surface area contributed by atoms with Crippen LogP contribution in [0.15, 0.2) is 28.2 Å². The Bertz CT molecular complexity index is 823. The molecule has 3 heterocycles. The van der Waals surface area contributed by atoms with Gasteiger partial charge in [0.2, 0.25) is 15.5 Å². The number of sulfonamides is 1. The molecule has 2 aromatic rings. The summed E-state index contributed by atoms with van der Waals surface area (Å²) in [5, 5.41) is 8.07. The summed E-state index contributed by atoms with van der Waals surface area (Å²) < 4.78 is 27.9. The molecule has 0 amide bonds. The maximum Gasteiger partial charge on any atom is 0.248 e. The molecular formula is C12H15N5O3S. The molecule has 0 unspecified atom stereocenters. The van der Waals surface area contributed by atoms with E-state index in [-0.39, 0.29) is 11.4 Å². The van der Waals surface area contributed by atoms with E-state index in [0.29, 0.717) is 5.82 Å². The van der Waals surface area contributed by atoms with Gasteiger partial charge in [-0.25, -0.2) is 8.42 Å². The van der Waals surface area contributed by atoms with Crippen LogP contribution in [0.2, 0.25) is 0 Å². The summed E-state index contributed by atoms with van der Waals surface area (Å²) in [4.78, 5) is 14.1. The van der Waals surface area contributed by atoms with E-state index >= 15 is 0 Å². The summed E-state index contributed by atoms with van der Waals surface area (Å²) in [6.45, 7) is 0.890. The zero-order valence-electron chi connectivity index (χ0n) is 11.5. The zero-order chi connectivity index (χ0) is 15.0. The lowest BCUT2D eigenvalue weighted by atomic mass is 10.4. The van der Waals surface area contributed by atoms with Crippen molar-refractivity contribution < 1.29 is 8.42 Å². The van der Waals surface area contributed by atoms with Gasteiger partial charge in [-0.15, -0.1) is 10.2 Å². The highest BCUT2D eigenvalue weighted by Crippen LogP contribution is 2.17. The minimum atomic E-state index is -3.85. The lowest BCUT2D eigenvalue weighted by Crippen LogP contribution is -2.31. The predicted molar refractivity (Wildman–Crippen MR) is 74.1 cm³/mol. The van der Waals surface area contributed by atoms with E-state index in [1.165, 1.54) is 25.5 Å². The lowest BCUT2D eigenvalue weighted by molar-refractivity contribution is 0.446. The third kappa shape index (κ3) is 2.38. The van der Waals surface area contributed by atoms with Crippen molar-refractivity contribution in [1.82, 2.24) is 24.1 Å². The fourth-order valence-electron chi connectivity index (χ4n) is 2.38. The number of fused-ring (bicyclic) bond motifs is 1. The highest BCUT2D eigenvalue weighted by Gasteiger charge is 2.26. The molecule has 0 spiro atoms. The van der Waals surface area contributed by atoms with Gasteiger partial charge in [-0.3, -0.25) is 4.79 Å². The van der Waals surface area contributed by atoms with Gasteiger partial charge in [-0.2, -0.15) is 4.31 Å². The number of H-pyrrole nitrogens is 1. The minimum Gasteiger partial charge on any atom is -0.366 e. The molecule has 1 aliphatic heterocycles. The number of pyridine rings is 1. The number of hydrogen-bond acceptors (Lipinski definition) is 5. The second kappa shape index (κ2) is 5.08. The van der Waals surface area contributed by atoms with E-state index in [1.807, 2.05) is 4.57 Å². The summed E-state index contributed by atoms with van der Waals surface area (Å²) in [5.74, 6) is 1.48. The van der Waals surface area contributed by atoms with E-state index in [2.05, 4.69) is 15.2 Å². The number of aryl methyl sites for hydroxylation is 1. The normalized spacial score (nSPS) is 14.6. The molecular weight excluding hydrogens is 294 g/mol. The van der Waals surface area contributed by atoms with Crippen LogP contribution >= 0.6 is 0 Å². The fourth-order valence-corrected chi connectivity index (χ4v) is 3.54. The summed E-state index contributed by atoms with van der Waals surface area (Å²) in [5.41, 5.74) is -0.535. The standard InChI is InChI=1S/C12H15N5O3S/c1-16(8-12-15-14-11-3-2-6-17(11)12)21(19,20)10-7-13-5-4-9(10)18/h4-5,7H,2-3,6,8H2,1H3,(H,13,18). The van der Waals surface area contributed by atoms with Crippen LogP contribution in [0.3, 0.4) is 0 Å². The van der Waals surface area contributed by atoms with Crippen LogP contribution in [0, 0.1) is 0 Å². The molecule has 2 aromatic heterocycles. The van der Waals surface area contributed by atoms with Gasteiger partial charge in [0.15, 0.2) is 0 Å². The van der Waals surface area contributed by atoms with Crippen LogP contribution in [-0.2, 0) is 29.5 Å². The Morgan fingerprint density at radius 3 is 3.00 bits per heavy atom. The van der Waals surface area contributed by atoms with Gasteiger partial charge in [0, 0.05) is 38.5 Å². The van der Waals surface area contributed by atoms with Gasteiger partial charge in [0.05, 0.1) is 6.54 Å². The SMILES string of the molecule is CN(Cc1nnc2n1CCC2)S(=O)(=O)c1c[nH]ccc1=O. The number of aromatic nitrogens is 4. The predicted octanol–water partition coefficient (Wildman–Crippen LogP) is -0.267. The largest absolute Gasteiger partial charge is 0.366 e. The zero-order valence-corrected chi connectivity index (χ0v) is 12.3. The first kappa shape index (κ1) is 14.0. The molecule has 0 radical (unpaired) electrons. The summed E-state index contributed by atoms with van der Waals surface area (Å²) in [6, 6.07) is 1.19. The van der Waals surface area contributed by atoms with E-state index < -0.39 is 15.5 Å². The van der Waals surface area contributed by atoms with Crippen molar-refractivity contribution in [3.05, 3.63) is 40.3 Å². The van der Waals surface area contributed by atoms with Crippen molar-refractivity contribution in [2.24, 2.45) is 0 Å². The molecule has 3 rings (SSSR count). The van der Waals surface area contributed by atoms with Crippen molar-refractivity contribution in [1.29, 1.82) is 0 Å². The summed E-state index contributed by atoms with van der Waals surface area (Å²) in [7, 11) is -2.43. The molecule has 1 aliphatic rings. The van der Waals surface area contributed by atoms with Crippen LogP contribution in [-0.4, -0.2) is 39.5 Å². The second-order valence-corrected chi connectivity index (χ2v) is 6.93. The molecule has 0 saturated heterocycles. The van der Waals surface area contributed by atoms with Gasteiger partial charge in [-0.1, -0.05) is 0 Å². The van der Waals surface area contributed by atoms with Crippen molar-refractivity contribution in [2.75, 3.05) is 7.05 Å². The van der Waals surface area contributed by atoms with Crippen LogP contribution in [0.4, 0.5) is 0 Å². The number of rotatable bonds is 4. The highest BCUT2D eigenvalue weighted by molar-refractivity contribution is 7.89. The number of hydrogen-bond donors (Lipinski definition) is 1. The van der Waals surface area contributed by atoms with Gasteiger partial charge < -0.3 is 9.55 Å². The topological polar surface area (TPSA) is 101 Å². The molecule has 0 bridgehead atoms. The van der Waals surface area contributed by atoms with Crippen molar-refractivity contribution in [3.8, 4) is 0 Å². The first-order valence-electron chi connectivity index (χ1n) is 6.54. The molecule has 1 N–H and O–H groups in total. The smallest absolute Gasteiger partial charge is 0.248 e. The van der Waals surface area contributed by atoms with E-state index in [1.54, 1.807) is 0 Å². The van der Waals surface area contributed by atoms with Gasteiger partial charge in [0.25, 0.3) is 0 Å². The Morgan fingerprint density at radius 1 is 1.43 bits per heavy atom. The van der Waals surface area contributed by atoms with Crippen LogP contribution in [0.5, 0.6) is 0 Å². The molecule has 0 fully saturated rings. The summed E-state index contributed by atoms with van der Waals surface area (Å²) >= 11 is 0. The van der Waals surface area contributed by atoms with Crippen LogP contribution < -0.4 is 5.43 Å². The first-order valence-corrected chi connectivity index (χ1v) is 7.98. The quantitative estimate of drug-likeness (QED) is 0.838. The number of nitrogens with one attached hydrogen (secondary N) is 1. The average Bonchev–Trinajstić information content (AvgIpc) is 3.04. The molecule has 21 heavy (non-hydrogen) atoms. The third-order valence-electron chi connectivity index (χ3n) is 3.53. The molecule has 8 nitrogen and oxygen atoms in total. The Balaban J connectivity index is 1.89. The van der Waals surface area contributed by atoms with Crippen molar-refractivity contribution in [2.45, 2.75) is 30.8 Å². The van der Waals surface area contributed by atoms with E-state index in [9.17, 15) is 13.2 Å². The van der Waals surface area contributed by atoms with Crippen LogP contribution in [0.1, 0.15) is 18.1 Å². The Labute approximate surface area is 121 Å². The monoisotopic (exact) mass is 309 g/mol. The third-order valence-corrected chi connectivity index (χ3v) is 5.35. The van der Waals surface area contributed by atoms with Gasteiger partial charge in [-0.05, 0) is 6.42 Å². The minimum absolute atomic E-state index is 0.0870. The number of nitrogens with zero attached hydrogens (tertiary/aromatic N) is 4. The summed E-state index contributed by atoms with van der Waals surface area (Å²) in [6.07, 6.45) is 4.45. The molecule has 0 aromatic carbocycles. The Morgan fingerprint density at radius 2 is 2.24 bits per heavy atom. The molecule has 0 atom stereocenters.